The van der Waals surface area contributed by atoms with Crippen molar-refractivity contribution in [3.05, 3.63) is 54.5 Å². The summed E-state index contributed by atoms with van der Waals surface area (Å²) >= 11 is 0. The Hall–Kier alpha value is -3.33. The van der Waals surface area contributed by atoms with E-state index in [2.05, 4.69) is 22.2 Å². The van der Waals surface area contributed by atoms with Crippen molar-refractivity contribution in [2.75, 3.05) is 27.2 Å². The van der Waals surface area contributed by atoms with Crippen molar-refractivity contribution in [1.82, 2.24) is 24.4 Å². The van der Waals surface area contributed by atoms with Gasteiger partial charge in [0, 0.05) is 39.3 Å². The van der Waals surface area contributed by atoms with Gasteiger partial charge in [0.2, 0.25) is 12.3 Å². The van der Waals surface area contributed by atoms with Crippen LogP contribution in [0.5, 0.6) is 0 Å². The number of nitrogens with two attached hydrogens (primary N) is 1. The second kappa shape index (κ2) is 11.0. The number of aromatic nitrogens is 3. The van der Waals surface area contributed by atoms with Crippen molar-refractivity contribution in [2.24, 2.45) is 5.73 Å². The fraction of sp³-hybridized carbons (Fsp3) is 0.417. The molecule has 0 radical (unpaired) electrons. The molecular formula is C24H31FN6O2. The summed E-state index contributed by atoms with van der Waals surface area (Å²) in [5, 5.41) is 4.11. The van der Waals surface area contributed by atoms with Crippen molar-refractivity contribution in [3.8, 4) is 11.1 Å². The highest BCUT2D eigenvalue weighted by Crippen LogP contribution is 2.26. The van der Waals surface area contributed by atoms with Crippen molar-refractivity contribution in [3.63, 3.8) is 0 Å². The molecule has 1 saturated heterocycles. The number of benzene rings is 1. The molecule has 2 N–H and O–H groups in total. The van der Waals surface area contributed by atoms with E-state index in [0.29, 0.717) is 13.0 Å². The van der Waals surface area contributed by atoms with Crippen LogP contribution in [0.25, 0.3) is 16.8 Å². The van der Waals surface area contributed by atoms with Gasteiger partial charge in [0.25, 0.3) is 0 Å². The third-order valence-electron chi connectivity index (χ3n) is 5.80. The molecule has 33 heavy (non-hydrogen) atoms. The molecule has 1 aliphatic rings. The van der Waals surface area contributed by atoms with E-state index in [9.17, 15) is 14.0 Å². The molecule has 9 heteroatoms. The zero-order valence-corrected chi connectivity index (χ0v) is 19.3. The molecular weight excluding hydrogens is 423 g/mol. The summed E-state index contributed by atoms with van der Waals surface area (Å²) in [6.45, 7) is 2.72. The molecule has 1 fully saturated rings. The highest BCUT2D eigenvalue weighted by atomic mass is 19.1. The van der Waals surface area contributed by atoms with Crippen molar-refractivity contribution < 1.29 is 14.0 Å². The summed E-state index contributed by atoms with van der Waals surface area (Å²) in [6.07, 6.45) is 3.93. The van der Waals surface area contributed by atoms with Gasteiger partial charge in [-0.25, -0.2) is 13.9 Å². The lowest BCUT2D eigenvalue weighted by Gasteiger charge is -2.23. The van der Waals surface area contributed by atoms with Gasteiger partial charge in [-0.2, -0.15) is 5.10 Å². The van der Waals surface area contributed by atoms with Crippen LogP contribution in [-0.4, -0.2) is 76.1 Å². The topological polar surface area (TPSA) is 96.8 Å². The number of nitrogens with zero attached hydrogens (tertiary/aromatic N) is 5. The van der Waals surface area contributed by atoms with E-state index in [4.69, 9.17) is 5.73 Å². The monoisotopic (exact) mass is 454 g/mol. The minimum absolute atomic E-state index is 0.0285. The van der Waals surface area contributed by atoms with Gasteiger partial charge in [0.05, 0.1) is 6.54 Å². The summed E-state index contributed by atoms with van der Waals surface area (Å²) < 4.78 is 15.0. The molecule has 1 unspecified atom stereocenters. The van der Waals surface area contributed by atoms with Gasteiger partial charge in [-0.15, -0.1) is 0 Å². The van der Waals surface area contributed by atoms with Gasteiger partial charge >= 0.3 is 0 Å². The number of pyridine rings is 1. The van der Waals surface area contributed by atoms with Crippen LogP contribution in [0.4, 0.5) is 4.39 Å². The summed E-state index contributed by atoms with van der Waals surface area (Å²) in [7, 11) is 3.38. The Labute approximate surface area is 193 Å². The molecule has 4 rings (SSSR count). The molecule has 1 aromatic carbocycles. The zero-order chi connectivity index (χ0) is 24.0. The van der Waals surface area contributed by atoms with Crippen LogP contribution in [0.3, 0.4) is 0 Å². The third-order valence-corrected chi connectivity index (χ3v) is 5.80. The van der Waals surface area contributed by atoms with Gasteiger partial charge in [-0.1, -0.05) is 31.2 Å². The van der Waals surface area contributed by atoms with E-state index in [1.807, 2.05) is 37.4 Å². The Morgan fingerprint density at radius 3 is 2.58 bits per heavy atom. The van der Waals surface area contributed by atoms with Crippen LogP contribution >= 0.6 is 0 Å². The van der Waals surface area contributed by atoms with E-state index >= 15 is 0 Å². The van der Waals surface area contributed by atoms with E-state index in [-0.39, 0.29) is 30.8 Å². The van der Waals surface area contributed by atoms with E-state index in [1.165, 1.54) is 11.2 Å². The lowest BCUT2D eigenvalue weighted by atomic mass is 9.90. The Morgan fingerprint density at radius 1 is 1.27 bits per heavy atom. The number of hydrogen-bond donors (Lipinski definition) is 1. The van der Waals surface area contributed by atoms with E-state index in [0.717, 1.165) is 28.7 Å². The Bertz CT molecular complexity index is 1070. The average molecular weight is 455 g/mol. The maximum absolute atomic E-state index is 13.3. The largest absolute Gasteiger partial charge is 0.351 e. The SMILES string of the molecule is CC(c1ccc(-c2ccn3ncnc3c2)cc1)[C@H](N)CC(=O)N1CC[C@@H](F)C1.CN(C)C=O. The van der Waals surface area contributed by atoms with E-state index < -0.39 is 6.17 Å². The number of carbonyl (C=O) groups is 2. The zero-order valence-electron chi connectivity index (χ0n) is 19.3. The number of carbonyl (C=O) groups excluding carboxylic acids is 2. The van der Waals surface area contributed by atoms with Gasteiger partial charge in [-0.05, 0) is 41.2 Å². The van der Waals surface area contributed by atoms with E-state index in [1.54, 1.807) is 23.5 Å². The quantitative estimate of drug-likeness (QED) is 0.577. The second-order valence-electron chi connectivity index (χ2n) is 8.55. The number of hydrogen-bond acceptors (Lipinski definition) is 5. The highest BCUT2D eigenvalue weighted by molar-refractivity contribution is 5.77. The molecule has 2 aromatic heterocycles. The first-order valence-electron chi connectivity index (χ1n) is 11.0. The van der Waals surface area contributed by atoms with Gasteiger partial charge in [0.1, 0.15) is 12.5 Å². The molecule has 1 aliphatic heterocycles. The molecule has 3 heterocycles. The number of halogens is 1. The number of rotatable bonds is 6. The van der Waals surface area contributed by atoms with Gasteiger partial charge in [-0.3, -0.25) is 9.59 Å². The average Bonchev–Trinajstić information content (AvgIpc) is 3.47. The number of fused-ring (bicyclic) bond motifs is 1. The summed E-state index contributed by atoms with van der Waals surface area (Å²) in [4.78, 5) is 29.0. The van der Waals surface area contributed by atoms with Crippen molar-refractivity contribution in [2.45, 2.75) is 37.9 Å². The van der Waals surface area contributed by atoms with Crippen LogP contribution < -0.4 is 5.73 Å². The summed E-state index contributed by atoms with van der Waals surface area (Å²) in [5.74, 6) is -0.0292. The molecule has 0 spiro atoms. The lowest BCUT2D eigenvalue weighted by Crippen LogP contribution is -2.37. The smallest absolute Gasteiger partial charge is 0.224 e. The number of amides is 2. The Morgan fingerprint density at radius 2 is 1.97 bits per heavy atom. The first kappa shape index (κ1) is 24.3. The van der Waals surface area contributed by atoms with Crippen molar-refractivity contribution in [1.29, 1.82) is 0 Å². The second-order valence-corrected chi connectivity index (χ2v) is 8.55. The molecule has 3 atom stereocenters. The predicted molar refractivity (Wildman–Crippen MR) is 125 cm³/mol. The van der Waals surface area contributed by atoms with Gasteiger partial charge < -0.3 is 15.5 Å². The van der Waals surface area contributed by atoms with Crippen LogP contribution in [0.1, 0.15) is 31.2 Å². The Balaban J connectivity index is 0.000000555. The minimum Gasteiger partial charge on any atom is -0.351 e. The van der Waals surface area contributed by atoms with Crippen LogP contribution in [0.2, 0.25) is 0 Å². The molecule has 0 aliphatic carbocycles. The summed E-state index contributed by atoms with van der Waals surface area (Å²) in [6, 6.07) is 11.9. The van der Waals surface area contributed by atoms with Crippen molar-refractivity contribution >= 4 is 18.0 Å². The molecule has 3 aromatic rings. The minimum atomic E-state index is -0.901. The maximum Gasteiger partial charge on any atom is 0.224 e. The van der Waals surface area contributed by atoms with Crippen LogP contribution in [0, 0.1) is 0 Å². The standard InChI is InChI=1S/C21H24FN5O.C3H7NO/c1-14(19(23)11-21(28)26-8-7-18(22)12-26)15-2-4-16(5-3-15)17-6-9-27-20(10-17)24-13-25-27;1-4(2)3-5/h2-6,9-10,13-14,18-19H,7-8,11-12,23H2,1H3;3H,1-2H3/t14?,18-,19-;/m1./s1. The molecule has 8 nitrogen and oxygen atoms in total. The van der Waals surface area contributed by atoms with Crippen LogP contribution in [0.15, 0.2) is 48.9 Å². The molecule has 2 amide bonds. The molecule has 0 bridgehead atoms. The molecule has 0 saturated carbocycles. The number of alkyl halides is 1. The van der Waals surface area contributed by atoms with Crippen LogP contribution in [-0.2, 0) is 9.59 Å². The fourth-order valence-corrected chi connectivity index (χ4v) is 3.67. The lowest BCUT2D eigenvalue weighted by molar-refractivity contribution is -0.130. The molecule has 176 valence electrons. The first-order valence-corrected chi connectivity index (χ1v) is 11.0. The first-order chi connectivity index (χ1) is 15.8. The van der Waals surface area contributed by atoms with Gasteiger partial charge in [0.15, 0.2) is 5.65 Å². The Kier molecular flexibility index (Phi) is 8.11. The highest BCUT2D eigenvalue weighted by Gasteiger charge is 2.28. The summed E-state index contributed by atoms with van der Waals surface area (Å²) in [5.41, 5.74) is 10.3. The normalized spacial score (nSPS) is 17.2. The fourth-order valence-electron chi connectivity index (χ4n) is 3.67. The number of likely N-dealkylation sites (tertiary alicyclic amines) is 1. The third kappa shape index (κ3) is 6.35. The maximum atomic E-state index is 13.3. The predicted octanol–water partition coefficient (Wildman–Crippen LogP) is 2.49.